The molecule has 0 aromatic heterocycles. The smallest absolute Gasteiger partial charge is 0.0766 e. The molecule has 2 atom stereocenters. The van der Waals surface area contributed by atoms with Gasteiger partial charge in [0.2, 0.25) is 0 Å². The molecule has 0 radical (unpaired) electrons. The summed E-state index contributed by atoms with van der Waals surface area (Å²) in [6, 6.07) is 0.463. The SMILES string of the molecule is CC(C)C(C)NCC(C)(O)C(C)C. The van der Waals surface area contributed by atoms with Gasteiger partial charge in [-0.15, -0.1) is 0 Å². The molecule has 2 N–H and O–H groups in total. The molecule has 2 nitrogen and oxygen atoms in total. The lowest BCUT2D eigenvalue weighted by atomic mass is 9.92. The normalized spacial score (nSPS) is 19.2. The minimum atomic E-state index is -0.594. The van der Waals surface area contributed by atoms with Gasteiger partial charge in [-0.25, -0.2) is 0 Å². The van der Waals surface area contributed by atoms with Crippen LogP contribution in [-0.2, 0) is 0 Å². The molecule has 0 saturated carbocycles. The Balaban J connectivity index is 3.88. The van der Waals surface area contributed by atoms with Gasteiger partial charge in [-0.1, -0.05) is 27.7 Å². The third-order valence-electron chi connectivity index (χ3n) is 3.03. The Morgan fingerprint density at radius 3 is 1.92 bits per heavy atom. The molecule has 2 unspecified atom stereocenters. The first-order chi connectivity index (χ1) is 5.77. The highest BCUT2D eigenvalue weighted by Crippen LogP contribution is 2.15. The molecule has 0 aliphatic heterocycles. The van der Waals surface area contributed by atoms with Crippen molar-refractivity contribution in [1.82, 2.24) is 5.32 Å². The van der Waals surface area contributed by atoms with Crippen molar-refractivity contribution in [3.63, 3.8) is 0 Å². The second-order valence-corrected chi connectivity index (χ2v) is 4.93. The van der Waals surface area contributed by atoms with E-state index in [1.54, 1.807) is 0 Å². The van der Waals surface area contributed by atoms with Crippen LogP contribution >= 0.6 is 0 Å². The van der Waals surface area contributed by atoms with Crippen LogP contribution in [0.25, 0.3) is 0 Å². The monoisotopic (exact) mass is 187 g/mol. The summed E-state index contributed by atoms with van der Waals surface area (Å²) >= 11 is 0. The third-order valence-corrected chi connectivity index (χ3v) is 3.03. The molecule has 0 rings (SSSR count). The molecule has 13 heavy (non-hydrogen) atoms. The zero-order chi connectivity index (χ0) is 10.6. The summed E-state index contributed by atoms with van der Waals surface area (Å²) in [5.74, 6) is 0.905. The van der Waals surface area contributed by atoms with E-state index in [9.17, 15) is 5.11 Å². The lowest BCUT2D eigenvalue weighted by molar-refractivity contribution is 0.0111. The quantitative estimate of drug-likeness (QED) is 0.690. The molecule has 0 aliphatic carbocycles. The lowest BCUT2D eigenvalue weighted by Crippen LogP contribution is -2.46. The summed E-state index contributed by atoms with van der Waals surface area (Å²) in [6.07, 6.45) is 0. The average Bonchev–Trinajstić information content (AvgIpc) is 1.99. The second-order valence-electron chi connectivity index (χ2n) is 4.93. The van der Waals surface area contributed by atoms with E-state index in [1.165, 1.54) is 0 Å². The van der Waals surface area contributed by atoms with E-state index >= 15 is 0 Å². The van der Waals surface area contributed by atoms with Gasteiger partial charge in [0.05, 0.1) is 5.60 Å². The average molecular weight is 187 g/mol. The summed E-state index contributed by atoms with van der Waals surface area (Å²) in [5, 5.41) is 13.3. The Kier molecular flexibility index (Phi) is 4.93. The van der Waals surface area contributed by atoms with Crippen LogP contribution in [-0.4, -0.2) is 23.3 Å². The Hall–Kier alpha value is -0.0800. The van der Waals surface area contributed by atoms with Crippen molar-refractivity contribution in [3.05, 3.63) is 0 Å². The number of hydrogen-bond acceptors (Lipinski definition) is 2. The summed E-state index contributed by atoms with van der Waals surface area (Å²) in [7, 11) is 0. The van der Waals surface area contributed by atoms with E-state index in [4.69, 9.17) is 0 Å². The number of nitrogens with one attached hydrogen (secondary N) is 1. The van der Waals surface area contributed by atoms with Gasteiger partial charge in [-0.05, 0) is 25.7 Å². The number of rotatable bonds is 5. The molecule has 0 fully saturated rings. The van der Waals surface area contributed by atoms with Gasteiger partial charge in [-0.2, -0.15) is 0 Å². The van der Waals surface area contributed by atoms with Gasteiger partial charge < -0.3 is 10.4 Å². The fourth-order valence-electron chi connectivity index (χ4n) is 0.807. The zero-order valence-electron chi connectivity index (χ0n) is 9.89. The van der Waals surface area contributed by atoms with Crippen molar-refractivity contribution in [2.75, 3.05) is 6.54 Å². The number of hydrogen-bond donors (Lipinski definition) is 2. The molecule has 0 amide bonds. The van der Waals surface area contributed by atoms with E-state index in [0.29, 0.717) is 24.4 Å². The summed E-state index contributed by atoms with van der Waals surface area (Å²) in [6.45, 7) is 13.2. The molecule has 0 bridgehead atoms. The Morgan fingerprint density at radius 2 is 1.62 bits per heavy atom. The van der Waals surface area contributed by atoms with Gasteiger partial charge in [0.15, 0.2) is 0 Å². The van der Waals surface area contributed by atoms with E-state index in [0.717, 1.165) is 0 Å². The van der Waals surface area contributed by atoms with Gasteiger partial charge >= 0.3 is 0 Å². The van der Waals surface area contributed by atoms with Gasteiger partial charge in [0.1, 0.15) is 0 Å². The van der Waals surface area contributed by atoms with Crippen LogP contribution in [0, 0.1) is 11.8 Å². The first-order valence-electron chi connectivity index (χ1n) is 5.23. The van der Waals surface area contributed by atoms with Crippen LogP contribution in [0.2, 0.25) is 0 Å². The zero-order valence-corrected chi connectivity index (χ0v) is 9.89. The summed E-state index contributed by atoms with van der Waals surface area (Å²) < 4.78 is 0. The molecule has 0 aromatic rings. The molecular formula is C11H25NO. The standard InChI is InChI=1S/C11H25NO/c1-8(2)10(5)12-7-11(6,13)9(3)4/h8-10,12-13H,7H2,1-6H3. The van der Waals surface area contributed by atoms with Gasteiger partial charge in [0.25, 0.3) is 0 Å². The first-order valence-corrected chi connectivity index (χ1v) is 5.23. The van der Waals surface area contributed by atoms with Crippen molar-refractivity contribution >= 4 is 0 Å². The maximum Gasteiger partial charge on any atom is 0.0766 e. The maximum atomic E-state index is 9.96. The van der Waals surface area contributed by atoms with Crippen molar-refractivity contribution in [2.24, 2.45) is 11.8 Å². The molecule has 0 spiro atoms. The van der Waals surface area contributed by atoms with Gasteiger partial charge in [-0.3, -0.25) is 0 Å². The Morgan fingerprint density at radius 1 is 1.15 bits per heavy atom. The summed E-state index contributed by atoms with van der Waals surface area (Å²) in [4.78, 5) is 0. The van der Waals surface area contributed by atoms with Crippen LogP contribution < -0.4 is 5.32 Å². The fourth-order valence-corrected chi connectivity index (χ4v) is 0.807. The second kappa shape index (κ2) is 4.97. The number of aliphatic hydroxyl groups is 1. The minimum absolute atomic E-state index is 0.291. The van der Waals surface area contributed by atoms with Crippen LogP contribution in [0.1, 0.15) is 41.5 Å². The summed E-state index contributed by atoms with van der Waals surface area (Å²) in [5.41, 5.74) is -0.594. The maximum absolute atomic E-state index is 9.96. The fraction of sp³-hybridized carbons (Fsp3) is 1.00. The highest BCUT2D eigenvalue weighted by molar-refractivity contribution is 4.80. The van der Waals surface area contributed by atoms with Crippen LogP contribution in [0.4, 0.5) is 0 Å². The van der Waals surface area contributed by atoms with Crippen LogP contribution in [0.5, 0.6) is 0 Å². The molecular weight excluding hydrogens is 162 g/mol. The lowest BCUT2D eigenvalue weighted by Gasteiger charge is -2.30. The molecule has 0 aliphatic rings. The van der Waals surface area contributed by atoms with E-state index in [1.807, 2.05) is 20.8 Å². The van der Waals surface area contributed by atoms with E-state index < -0.39 is 5.60 Å². The Labute approximate surface area is 82.7 Å². The molecule has 0 heterocycles. The van der Waals surface area contributed by atoms with Crippen molar-refractivity contribution in [2.45, 2.75) is 53.2 Å². The minimum Gasteiger partial charge on any atom is -0.389 e. The predicted octanol–water partition coefficient (Wildman–Crippen LogP) is 2.03. The van der Waals surface area contributed by atoms with E-state index in [-0.39, 0.29) is 0 Å². The first kappa shape index (κ1) is 12.9. The van der Waals surface area contributed by atoms with Crippen LogP contribution in [0.3, 0.4) is 0 Å². The molecule has 80 valence electrons. The molecule has 0 saturated heterocycles. The highest BCUT2D eigenvalue weighted by Gasteiger charge is 2.25. The highest BCUT2D eigenvalue weighted by atomic mass is 16.3. The van der Waals surface area contributed by atoms with Gasteiger partial charge in [0, 0.05) is 12.6 Å². The predicted molar refractivity (Wildman–Crippen MR) is 57.8 cm³/mol. The van der Waals surface area contributed by atoms with Crippen molar-refractivity contribution < 1.29 is 5.11 Å². The largest absolute Gasteiger partial charge is 0.389 e. The van der Waals surface area contributed by atoms with Crippen molar-refractivity contribution in [3.8, 4) is 0 Å². The van der Waals surface area contributed by atoms with Crippen LogP contribution in [0.15, 0.2) is 0 Å². The van der Waals surface area contributed by atoms with E-state index in [2.05, 4.69) is 26.1 Å². The topological polar surface area (TPSA) is 32.3 Å². The third kappa shape index (κ3) is 4.63. The molecule has 0 aromatic carbocycles. The van der Waals surface area contributed by atoms with Crippen molar-refractivity contribution in [1.29, 1.82) is 0 Å². The Bertz CT molecular complexity index is 141. The molecule has 2 heteroatoms.